The molecule has 2 rings (SSSR count). The van der Waals surface area contributed by atoms with Crippen LogP contribution in [0.2, 0.25) is 0 Å². The highest BCUT2D eigenvalue weighted by Crippen LogP contribution is 2.30. The number of nitrogens with one attached hydrogen (secondary N) is 1. The summed E-state index contributed by atoms with van der Waals surface area (Å²) >= 11 is 0. The van der Waals surface area contributed by atoms with Crippen molar-refractivity contribution in [3.63, 3.8) is 0 Å². The van der Waals surface area contributed by atoms with E-state index >= 15 is 0 Å². The third kappa shape index (κ3) is 48.0. The molecule has 554 valence electrons. The molecule has 0 spiro atoms. The van der Waals surface area contributed by atoms with Gasteiger partial charge in [-0.1, -0.05) is 324 Å². The van der Waals surface area contributed by atoms with Crippen LogP contribution in [0.5, 0.6) is 0 Å². The molecule has 14 nitrogen and oxygen atoms in total. The molecular formula is C81H147NO13. The van der Waals surface area contributed by atoms with Gasteiger partial charge in [0.2, 0.25) is 5.91 Å². The van der Waals surface area contributed by atoms with Crippen molar-refractivity contribution in [2.24, 2.45) is 0 Å². The molecule has 0 aliphatic carbocycles. The largest absolute Gasteiger partial charge is 0.394 e. The Morgan fingerprint density at radius 1 is 0.379 bits per heavy atom. The highest BCUT2D eigenvalue weighted by atomic mass is 16.7. The summed E-state index contributed by atoms with van der Waals surface area (Å²) in [5.74, 6) is -0.249. The van der Waals surface area contributed by atoms with Crippen LogP contribution in [0.25, 0.3) is 0 Å². The molecule has 95 heavy (non-hydrogen) atoms. The molecule has 2 fully saturated rings. The van der Waals surface area contributed by atoms with Crippen molar-refractivity contribution in [3.8, 4) is 0 Å². The van der Waals surface area contributed by atoms with Crippen molar-refractivity contribution < 1.29 is 64.6 Å². The van der Waals surface area contributed by atoms with Crippen LogP contribution in [0.3, 0.4) is 0 Å². The first-order valence-electron chi connectivity index (χ1n) is 39.7. The highest BCUT2D eigenvalue weighted by Gasteiger charge is 2.51. The molecule has 0 aromatic carbocycles. The van der Waals surface area contributed by atoms with Crippen LogP contribution in [0.1, 0.15) is 341 Å². The first kappa shape index (κ1) is 88.5. The maximum Gasteiger partial charge on any atom is 0.220 e. The number of unbranched alkanes of at least 4 members (excludes halogenated alkanes) is 43. The van der Waals surface area contributed by atoms with Gasteiger partial charge in [0.1, 0.15) is 48.8 Å². The third-order valence-electron chi connectivity index (χ3n) is 19.1. The van der Waals surface area contributed by atoms with Gasteiger partial charge in [-0.15, -0.1) is 0 Å². The normalized spacial score (nSPS) is 22.7. The van der Waals surface area contributed by atoms with Crippen LogP contribution in [0.15, 0.2) is 72.9 Å². The SMILES string of the molecule is CCCCCCC/C=C\C/C=C\C/C=C\CCCCCCCCCCCCCCCCCCCCCCCCC(=O)NC(COC1OC(CO)C(OC2OC(CO)C(O)C(O)C2O)C(O)C1O)C(O)/C=C/CC/C=C/CC/C=C/CCCCCCCCCCCCCCCC. The molecule has 2 aliphatic heterocycles. The fraction of sp³-hybridized carbons (Fsp3) is 0.840. The van der Waals surface area contributed by atoms with E-state index in [9.17, 15) is 45.6 Å². The fourth-order valence-corrected chi connectivity index (χ4v) is 12.8. The number of amides is 1. The average molecular weight is 1340 g/mol. The van der Waals surface area contributed by atoms with Gasteiger partial charge in [-0.25, -0.2) is 0 Å². The number of aliphatic hydroxyl groups excluding tert-OH is 8. The van der Waals surface area contributed by atoms with Crippen LogP contribution in [-0.2, 0) is 23.7 Å². The number of aliphatic hydroxyl groups is 8. The Morgan fingerprint density at radius 3 is 1.11 bits per heavy atom. The summed E-state index contributed by atoms with van der Waals surface area (Å²) < 4.78 is 22.9. The zero-order valence-corrected chi connectivity index (χ0v) is 60.7. The predicted molar refractivity (Wildman–Crippen MR) is 392 cm³/mol. The topological polar surface area (TPSA) is 228 Å². The van der Waals surface area contributed by atoms with Gasteiger partial charge in [-0.3, -0.25) is 4.79 Å². The van der Waals surface area contributed by atoms with E-state index in [0.29, 0.717) is 12.8 Å². The van der Waals surface area contributed by atoms with E-state index in [1.807, 2.05) is 6.08 Å². The predicted octanol–water partition coefficient (Wildman–Crippen LogP) is 17.7. The molecule has 0 aromatic heterocycles. The zero-order chi connectivity index (χ0) is 68.7. The average Bonchev–Trinajstić information content (AvgIpc) is 0.927. The molecule has 2 heterocycles. The van der Waals surface area contributed by atoms with E-state index in [0.717, 1.165) is 57.8 Å². The summed E-state index contributed by atoms with van der Waals surface area (Å²) in [5, 5.41) is 87.6. The number of hydrogen-bond donors (Lipinski definition) is 9. The minimum atomic E-state index is -1.80. The molecule has 0 radical (unpaired) electrons. The van der Waals surface area contributed by atoms with Crippen LogP contribution in [0.4, 0.5) is 0 Å². The van der Waals surface area contributed by atoms with E-state index in [-0.39, 0.29) is 18.9 Å². The maximum absolute atomic E-state index is 13.4. The van der Waals surface area contributed by atoms with Gasteiger partial charge in [-0.2, -0.15) is 0 Å². The molecule has 0 aromatic rings. The van der Waals surface area contributed by atoms with E-state index in [1.54, 1.807) is 6.08 Å². The third-order valence-corrected chi connectivity index (χ3v) is 19.1. The van der Waals surface area contributed by atoms with E-state index in [4.69, 9.17) is 18.9 Å². The number of hydrogen-bond acceptors (Lipinski definition) is 13. The molecular weight excluding hydrogens is 1190 g/mol. The van der Waals surface area contributed by atoms with Crippen LogP contribution < -0.4 is 5.32 Å². The van der Waals surface area contributed by atoms with Gasteiger partial charge < -0.3 is 65.1 Å². The van der Waals surface area contributed by atoms with Crippen LogP contribution in [0, 0.1) is 0 Å². The van der Waals surface area contributed by atoms with Gasteiger partial charge >= 0.3 is 0 Å². The molecule has 2 saturated heterocycles. The molecule has 12 unspecified atom stereocenters. The van der Waals surface area contributed by atoms with Gasteiger partial charge in [0.05, 0.1) is 32.0 Å². The Kier molecular flexibility index (Phi) is 60.4. The maximum atomic E-state index is 13.4. The van der Waals surface area contributed by atoms with Crippen molar-refractivity contribution in [1.82, 2.24) is 5.32 Å². The van der Waals surface area contributed by atoms with Gasteiger partial charge in [0.25, 0.3) is 0 Å². The number of ether oxygens (including phenoxy) is 4. The Morgan fingerprint density at radius 2 is 0.705 bits per heavy atom. The summed E-state index contributed by atoms with van der Waals surface area (Å²) in [7, 11) is 0. The lowest BCUT2D eigenvalue weighted by atomic mass is 9.97. The van der Waals surface area contributed by atoms with Crippen LogP contribution >= 0.6 is 0 Å². The summed E-state index contributed by atoms with van der Waals surface area (Å²) in [6.07, 6.45) is 72.7. The van der Waals surface area contributed by atoms with Crippen molar-refractivity contribution in [2.45, 2.75) is 415 Å². The van der Waals surface area contributed by atoms with Gasteiger partial charge in [0, 0.05) is 6.42 Å². The smallest absolute Gasteiger partial charge is 0.220 e. The first-order valence-corrected chi connectivity index (χ1v) is 39.7. The monoisotopic (exact) mass is 1340 g/mol. The molecule has 14 heteroatoms. The van der Waals surface area contributed by atoms with Crippen molar-refractivity contribution in [1.29, 1.82) is 0 Å². The second-order valence-corrected chi connectivity index (χ2v) is 27.8. The van der Waals surface area contributed by atoms with E-state index in [2.05, 4.69) is 79.9 Å². The summed E-state index contributed by atoms with van der Waals surface area (Å²) in [6.45, 7) is 2.81. The van der Waals surface area contributed by atoms with Crippen LogP contribution in [-0.4, -0.2) is 140 Å². The Balaban J connectivity index is 1.62. The lowest BCUT2D eigenvalue weighted by Crippen LogP contribution is -2.65. The Hall–Kier alpha value is -2.57. The summed E-state index contributed by atoms with van der Waals surface area (Å²) in [6, 6.07) is -0.941. The number of allylic oxidation sites excluding steroid dienone is 11. The lowest BCUT2D eigenvalue weighted by Gasteiger charge is -2.46. The standard InChI is InChI=1S/C81H147NO13/c1-3-5-7-9-11-13-15-17-19-21-23-25-27-29-30-31-32-33-34-35-36-37-38-39-40-41-43-45-47-49-51-53-55-57-59-61-63-65-73(86)82-69(68-92-80-78(91)76(89)79(72(67-84)94-80)95-81-77(90)75(88)74(87)71(66-83)93-81)70(85)64-62-60-58-56-54-52-50-48-46-44-42-28-26-24-22-20-18-16-14-12-10-8-6-4-2/h15,17,21,23,27,29,46,48,54,56,62,64,69-72,74-81,83-85,87-91H,3-14,16,18-20,22,24-26,28,30-45,47,49-53,55,57-61,63,65-68H2,1-2H3,(H,82,86)/b17-15-,23-21-,29-27-,48-46+,56-54+,64-62+. The number of carbonyl (C=O) groups excluding carboxylic acids is 1. The van der Waals surface area contributed by atoms with Crippen molar-refractivity contribution in [2.75, 3.05) is 19.8 Å². The first-order chi connectivity index (χ1) is 46.6. The molecule has 9 N–H and O–H groups in total. The summed E-state index contributed by atoms with van der Waals surface area (Å²) in [5.41, 5.74) is 0. The number of carbonyl (C=O) groups is 1. The highest BCUT2D eigenvalue weighted by molar-refractivity contribution is 5.76. The fourth-order valence-electron chi connectivity index (χ4n) is 12.8. The van der Waals surface area contributed by atoms with E-state index < -0.39 is 86.8 Å². The van der Waals surface area contributed by atoms with E-state index in [1.165, 1.54) is 250 Å². The van der Waals surface area contributed by atoms with Crippen molar-refractivity contribution in [3.05, 3.63) is 72.9 Å². The Labute approximate surface area is 580 Å². The molecule has 0 saturated carbocycles. The van der Waals surface area contributed by atoms with Gasteiger partial charge in [-0.05, 0) is 83.5 Å². The van der Waals surface area contributed by atoms with Crippen molar-refractivity contribution >= 4 is 5.91 Å². The second kappa shape index (κ2) is 64.8. The quantitative estimate of drug-likeness (QED) is 0.0204. The minimum Gasteiger partial charge on any atom is -0.394 e. The van der Waals surface area contributed by atoms with Gasteiger partial charge in [0.15, 0.2) is 12.6 Å². The molecule has 1 amide bonds. The number of rotatable bonds is 66. The minimum absolute atomic E-state index is 0.249. The molecule has 2 aliphatic rings. The summed E-state index contributed by atoms with van der Waals surface area (Å²) in [4.78, 5) is 13.4. The molecule has 12 atom stereocenters. The zero-order valence-electron chi connectivity index (χ0n) is 60.7. The lowest BCUT2D eigenvalue weighted by molar-refractivity contribution is -0.359. The Bertz CT molecular complexity index is 1870. The second-order valence-electron chi connectivity index (χ2n) is 27.8. The molecule has 0 bridgehead atoms.